The highest BCUT2D eigenvalue weighted by Crippen LogP contribution is 2.22. The third-order valence-electron chi connectivity index (χ3n) is 3.07. The van der Waals surface area contributed by atoms with Crippen LogP contribution in [0.3, 0.4) is 0 Å². The molecule has 0 saturated carbocycles. The molecule has 0 aliphatic heterocycles. The molecule has 3 rings (SSSR count). The van der Waals surface area contributed by atoms with E-state index in [0.29, 0.717) is 10.6 Å². The van der Waals surface area contributed by atoms with Crippen molar-refractivity contribution >= 4 is 12.2 Å². The lowest BCUT2D eigenvalue weighted by Crippen LogP contribution is -2.08. The van der Waals surface area contributed by atoms with E-state index in [4.69, 9.17) is 12.2 Å². The van der Waals surface area contributed by atoms with E-state index in [-0.39, 0.29) is 0 Å². The summed E-state index contributed by atoms with van der Waals surface area (Å²) < 4.78 is 2.20. The Labute approximate surface area is 121 Å². The van der Waals surface area contributed by atoms with Crippen LogP contribution in [0.2, 0.25) is 0 Å². The number of nitrogens with zero attached hydrogens (tertiary/aromatic N) is 2. The Morgan fingerprint density at radius 2 is 1.60 bits per heavy atom. The van der Waals surface area contributed by atoms with E-state index in [0.717, 1.165) is 11.3 Å². The van der Waals surface area contributed by atoms with E-state index in [9.17, 15) is 5.11 Å². The molecule has 5 heteroatoms. The number of nitrogens with one attached hydrogen (secondary N) is 1. The molecule has 0 unspecified atom stereocenters. The van der Waals surface area contributed by atoms with Gasteiger partial charge in [-0.2, -0.15) is 5.10 Å². The largest absolute Gasteiger partial charge is 0.380 e. The maximum Gasteiger partial charge on any atom is 0.199 e. The number of rotatable bonds is 3. The SMILES string of the molecule is O[C@@H](c1ccccc1)c1n[nH]c(=S)n1-c1ccccc1. The predicted octanol–water partition coefficient (Wildman–Crippen LogP) is 3.01. The number of aromatic amines is 1. The molecule has 0 aliphatic carbocycles. The summed E-state index contributed by atoms with van der Waals surface area (Å²) in [7, 11) is 0. The first-order valence-electron chi connectivity index (χ1n) is 6.23. The van der Waals surface area contributed by atoms with Crippen molar-refractivity contribution in [3.8, 4) is 5.69 Å². The van der Waals surface area contributed by atoms with E-state index < -0.39 is 6.10 Å². The number of hydrogen-bond acceptors (Lipinski definition) is 3. The van der Waals surface area contributed by atoms with Crippen LogP contribution in [0.15, 0.2) is 60.7 Å². The van der Waals surface area contributed by atoms with Gasteiger partial charge in [0.05, 0.1) is 0 Å². The molecule has 2 aromatic carbocycles. The highest BCUT2D eigenvalue weighted by molar-refractivity contribution is 7.71. The van der Waals surface area contributed by atoms with E-state index in [2.05, 4.69) is 10.2 Å². The lowest BCUT2D eigenvalue weighted by Gasteiger charge is -2.12. The van der Waals surface area contributed by atoms with Gasteiger partial charge in [-0.25, -0.2) is 0 Å². The summed E-state index contributed by atoms with van der Waals surface area (Å²) in [6.45, 7) is 0. The number of aromatic nitrogens is 3. The van der Waals surface area contributed by atoms with E-state index >= 15 is 0 Å². The van der Waals surface area contributed by atoms with Crippen LogP contribution in [0.4, 0.5) is 0 Å². The second-order valence-electron chi connectivity index (χ2n) is 4.37. The second-order valence-corrected chi connectivity index (χ2v) is 4.76. The average molecular weight is 283 g/mol. The van der Waals surface area contributed by atoms with Crippen LogP contribution in [0.5, 0.6) is 0 Å². The Hall–Kier alpha value is -2.24. The van der Waals surface area contributed by atoms with Gasteiger partial charge in [0.25, 0.3) is 0 Å². The van der Waals surface area contributed by atoms with Crippen LogP contribution >= 0.6 is 12.2 Å². The lowest BCUT2D eigenvalue weighted by atomic mass is 10.1. The van der Waals surface area contributed by atoms with Crippen molar-refractivity contribution in [1.82, 2.24) is 14.8 Å². The molecule has 0 spiro atoms. The molecular formula is C15H13N3OS. The summed E-state index contributed by atoms with van der Waals surface area (Å²) in [4.78, 5) is 0. The first-order chi connectivity index (χ1) is 9.77. The first kappa shape index (κ1) is 12.8. The van der Waals surface area contributed by atoms with Crippen LogP contribution < -0.4 is 0 Å². The van der Waals surface area contributed by atoms with Gasteiger partial charge in [-0.15, -0.1) is 0 Å². The maximum atomic E-state index is 10.5. The molecule has 1 heterocycles. The third kappa shape index (κ3) is 2.29. The Bertz CT molecular complexity index is 750. The third-order valence-corrected chi connectivity index (χ3v) is 3.35. The van der Waals surface area contributed by atoms with Gasteiger partial charge in [0.1, 0.15) is 6.10 Å². The summed E-state index contributed by atoms with van der Waals surface area (Å²) in [5.41, 5.74) is 1.65. The summed E-state index contributed by atoms with van der Waals surface area (Å²) in [5, 5.41) is 17.4. The van der Waals surface area contributed by atoms with Crippen LogP contribution in [0.1, 0.15) is 17.5 Å². The van der Waals surface area contributed by atoms with Gasteiger partial charge in [0.15, 0.2) is 10.6 Å². The van der Waals surface area contributed by atoms with Crippen molar-refractivity contribution in [2.75, 3.05) is 0 Å². The van der Waals surface area contributed by atoms with E-state index in [1.165, 1.54) is 0 Å². The molecule has 4 nitrogen and oxygen atoms in total. The van der Waals surface area contributed by atoms with Gasteiger partial charge >= 0.3 is 0 Å². The number of hydrogen-bond donors (Lipinski definition) is 2. The summed E-state index contributed by atoms with van der Waals surface area (Å²) in [6.07, 6.45) is -0.829. The topological polar surface area (TPSA) is 53.8 Å². The van der Waals surface area contributed by atoms with Crippen molar-refractivity contribution in [3.05, 3.63) is 76.8 Å². The molecule has 0 amide bonds. The van der Waals surface area contributed by atoms with E-state index in [1.807, 2.05) is 60.7 Å². The standard InChI is InChI=1S/C15H13N3OS/c19-13(11-7-3-1-4-8-11)14-16-17-15(20)18(14)12-9-5-2-6-10-12/h1-10,13,19H,(H,17,20)/t13-/m0/s1. The smallest absolute Gasteiger partial charge is 0.199 e. The number of aliphatic hydroxyl groups excluding tert-OH is 1. The second kappa shape index (κ2) is 5.40. The zero-order valence-electron chi connectivity index (χ0n) is 10.6. The zero-order valence-corrected chi connectivity index (χ0v) is 11.4. The lowest BCUT2D eigenvalue weighted by molar-refractivity contribution is 0.207. The summed E-state index contributed by atoms with van der Waals surface area (Å²) in [5.74, 6) is 0.479. The fourth-order valence-corrected chi connectivity index (χ4v) is 2.35. The molecule has 0 radical (unpaired) electrons. The minimum atomic E-state index is -0.829. The van der Waals surface area contributed by atoms with Crippen molar-refractivity contribution < 1.29 is 5.11 Å². The van der Waals surface area contributed by atoms with E-state index in [1.54, 1.807) is 4.57 Å². The van der Waals surface area contributed by atoms with Gasteiger partial charge in [-0.3, -0.25) is 9.67 Å². The fourth-order valence-electron chi connectivity index (χ4n) is 2.10. The van der Waals surface area contributed by atoms with Crippen molar-refractivity contribution in [2.24, 2.45) is 0 Å². The summed E-state index contributed by atoms with van der Waals surface area (Å²) >= 11 is 5.26. The minimum Gasteiger partial charge on any atom is -0.380 e. The monoisotopic (exact) mass is 283 g/mol. The molecule has 20 heavy (non-hydrogen) atoms. The van der Waals surface area contributed by atoms with Crippen LogP contribution in [0, 0.1) is 4.77 Å². The number of aliphatic hydroxyl groups is 1. The molecular weight excluding hydrogens is 270 g/mol. The quantitative estimate of drug-likeness (QED) is 0.726. The number of benzene rings is 2. The van der Waals surface area contributed by atoms with Gasteiger partial charge < -0.3 is 5.11 Å². The highest BCUT2D eigenvalue weighted by Gasteiger charge is 2.18. The molecule has 100 valence electrons. The molecule has 0 saturated heterocycles. The van der Waals surface area contributed by atoms with Crippen LogP contribution in [0.25, 0.3) is 5.69 Å². The normalized spacial score (nSPS) is 12.2. The zero-order chi connectivity index (χ0) is 13.9. The van der Waals surface area contributed by atoms with Crippen molar-refractivity contribution in [2.45, 2.75) is 6.10 Å². The number of H-pyrrole nitrogens is 1. The van der Waals surface area contributed by atoms with Gasteiger partial charge in [0.2, 0.25) is 0 Å². The van der Waals surface area contributed by atoms with Crippen LogP contribution in [-0.2, 0) is 0 Å². The average Bonchev–Trinajstić information content (AvgIpc) is 2.90. The maximum absolute atomic E-state index is 10.5. The number of para-hydroxylation sites is 1. The van der Waals surface area contributed by atoms with Gasteiger partial charge in [-0.1, -0.05) is 48.5 Å². The van der Waals surface area contributed by atoms with Crippen molar-refractivity contribution in [3.63, 3.8) is 0 Å². The molecule has 0 fully saturated rings. The van der Waals surface area contributed by atoms with Crippen molar-refractivity contribution in [1.29, 1.82) is 0 Å². The highest BCUT2D eigenvalue weighted by atomic mass is 32.1. The van der Waals surface area contributed by atoms with Gasteiger partial charge in [0, 0.05) is 5.69 Å². The molecule has 1 aromatic heterocycles. The minimum absolute atomic E-state index is 0.459. The molecule has 3 aromatic rings. The Morgan fingerprint density at radius 1 is 1.00 bits per heavy atom. The Balaban J connectivity index is 2.10. The van der Waals surface area contributed by atoms with Gasteiger partial charge in [-0.05, 0) is 29.9 Å². The first-order valence-corrected chi connectivity index (χ1v) is 6.64. The molecule has 1 atom stereocenters. The molecule has 0 aliphatic rings. The van der Waals surface area contributed by atoms with Crippen LogP contribution in [-0.4, -0.2) is 19.9 Å². The summed E-state index contributed by atoms with van der Waals surface area (Å²) in [6, 6.07) is 19.0. The molecule has 0 bridgehead atoms. The Kier molecular flexibility index (Phi) is 3.45. The molecule has 2 N–H and O–H groups in total. The Morgan fingerprint density at radius 3 is 2.25 bits per heavy atom. The fraction of sp³-hybridized carbons (Fsp3) is 0.0667. The predicted molar refractivity (Wildman–Crippen MR) is 79.3 cm³/mol.